The Morgan fingerprint density at radius 2 is 2.00 bits per heavy atom. The molecule has 0 aliphatic rings. The number of nitrogens with zero attached hydrogens (tertiary/aromatic N) is 2. The lowest BCUT2D eigenvalue weighted by Gasteiger charge is -2.16. The summed E-state index contributed by atoms with van der Waals surface area (Å²) in [7, 11) is 1.61. The molecule has 1 unspecified atom stereocenters. The number of anilines is 1. The van der Waals surface area contributed by atoms with Crippen LogP contribution in [0.3, 0.4) is 0 Å². The second kappa shape index (κ2) is 6.42. The maximum absolute atomic E-state index is 11.9. The van der Waals surface area contributed by atoms with Crippen LogP contribution >= 0.6 is 0 Å². The molecule has 1 rings (SSSR count). The number of rotatable bonds is 6. The van der Waals surface area contributed by atoms with E-state index in [4.69, 9.17) is 5.73 Å². The van der Waals surface area contributed by atoms with E-state index in [0.29, 0.717) is 12.5 Å². The molecule has 1 aromatic rings. The summed E-state index contributed by atoms with van der Waals surface area (Å²) in [6, 6.07) is 0. The lowest BCUT2D eigenvalue weighted by Crippen LogP contribution is -2.41. The van der Waals surface area contributed by atoms with E-state index in [1.807, 2.05) is 0 Å². The van der Waals surface area contributed by atoms with E-state index < -0.39 is 0 Å². The van der Waals surface area contributed by atoms with Crippen LogP contribution in [0, 0.1) is 5.92 Å². The number of unbranched alkanes of at least 4 members (excludes halogenated alkanes) is 1. The van der Waals surface area contributed by atoms with Crippen molar-refractivity contribution in [3.05, 3.63) is 27.0 Å². The molecule has 1 aromatic heterocycles. The number of hydrogen-bond donors (Lipinski definition) is 1. The molecular formula is C13H23N3O2. The average Bonchev–Trinajstić information content (AvgIpc) is 2.36. The molecule has 0 saturated carbocycles. The molecule has 0 bridgehead atoms. The molecule has 2 N–H and O–H groups in total. The summed E-state index contributed by atoms with van der Waals surface area (Å²) < 4.78 is 2.63. The van der Waals surface area contributed by atoms with Crippen molar-refractivity contribution in [2.75, 3.05) is 5.73 Å². The highest BCUT2D eigenvalue weighted by molar-refractivity contribution is 5.30. The van der Waals surface area contributed by atoms with Gasteiger partial charge < -0.3 is 10.3 Å². The van der Waals surface area contributed by atoms with Crippen LogP contribution in [-0.2, 0) is 13.6 Å². The van der Waals surface area contributed by atoms with Crippen molar-refractivity contribution in [1.29, 1.82) is 0 Å². The Bertz CT molecular complexity index is 468. The van der Waals surface area contributed by atoms with Crippen LogP contribution in [-0.4, -0.2) is 9.13 Å². The molecule has 1 heterocycles. The Morgan fingerprint density at radius 3 is 2.56 bits per heavy atom. The Kier molecular flexibility index (Phi) is 5.19. The van der Waals surface area contributed by atoms with E-state index in [1.54, 1.807) is 7.05 Å². The number of nitrogen functional groups attached to an aromatic ring is 1. The highest BCUT2D eigenvalue weighted by Gasteiger charge is 2.12. The average molecular weight is 253 g/mol. The van der Waals surface area contributed by atoms with Gasteiger partial charge in [0.15, 0.2) is 0 Å². The second-order valence-corrected chi connectivity index (χ2v) is 4.81. The third-order valence-electron chi connectivity index (χ3n) is 3.34. The molecule has 0 radical (unpaired) electrons. The van der Waals surface area contributed by atoms with E-state index in [1.165, 1.54) is 15.3 Å². The maximum atomic E-state index is 11.9. The Balaban J connectivity index is 3.03. The summed E-state index contributed by atoms with van der Waals surface area (Å²) in [6.07, 6.45) is 5.63. The highest BCUT2D eigenvalue weighted by atomic mass is 16.2. The van der Waals surface area contributed by atoms with E-state index >= 15 is 0 Å². The third kappa shape index (κ3) is 3.24. The monoisotopic (exact) mass is 253 g/mol. The molecule has 0 spiro atoms. The summed E-state index contributed by atoms with van der Waals surface area (Å²) in [5, 5.41) is 0. The lowest BCUT2D eigenvalue weighted by atomic mass is 9.99. The minimum Gasteiger partial charge on any atom is -0.393 e. The van der Waals surface area contributed by atoms with Gasteiger partial charge >= 0.3 is 5.69 Å². The Labute approximate surface area is 107 Å². The molecule has 0 fully saturated rings. The van der Waals surface area contributed by atoms with Gasteiger partial charge in [0.25, 0.3) is 5.56 Å². The fourth-order valence-electron chi connectivity index (χ4n) is 2.09. The smallest absolute Gasteiger partial charge is 0.330 e. The fraction of sp³-hybridized carbons (Fsp3) is 0.692. The Hall–Kier alpha value is -1.52. The molecule has 102 valence electrons. The van der Waals surface area contributed by atoms with Gasteiger partial charge in [-0.1, -0.05) is 33.1 Å². The van der Waals surface area contributed by atoms with Crippen molar-refractivity contribution in [2.24, 2.45) is 13.0 Å². The molecule has 5 nitrogen and oxygen atoms in total. The van der Waals surface area contributed by atoms with Crippen molar-refractivity contribution >= 4 is 5.69 Å². The number of aryl methyl sites for hydroxylation is 1. The first-order valence-corrected chi connectivity index (χ1v) is 6.57. The van der Waals surface area contributed by atoms with Gasteiger partial charge in [-0.25, -0.2) is 4.79 Å². The van der Waals surface area contributed by atoms with E-state index in [9.17, 15) is 9.59 Å². The van der Waals surface area contributed by atoms with Gasteiger partial charge in [-0.05, 0) is 12.3 Å². The van der Waals surface area contributed by atoms with Crippen LogP contribution in [0.25, 0.3) is 0 Å². The quantitative estimate of drug-likeness (QED) is 0.831. The molecule has 0 aliphatic heterocycles. The maximum Gasteiger partial charge on any atom is 0.330 e. The molecule has 0 aliphatic carbocycles. The van der Waals surface area contributed by atoms with Crippen LogP contribution < -0.4 is 17.0 Å². The first-order valence-electron chi connectivity index (χ1n) is 6.57. The summed E-state index contributed by atoms with van der Waals surface area (Å²) >= 11 is 0. The predicted molar refractivity (Wildman–Crippen MR) is 73.7 cm³/mol. The third-order valence-corrected chi connectivity index (χ3v) is 3.34. The second-order valence-electron chi connectivity index (χ2n) is 4.81. The van der Waals surface area contributed by atoms with Crippen molar-refractivity contribution in [2.45, 2.75) is 46.1 Å². The first-order chi connectivity index (χ1) is 8.51. The van der Waals surface area contributed by atoms with Gasteiger partial charge in [0, 0.05) is 19.8 Å². The zero-order chi connectivity index (χ0) is 13.7. The van der Waals surface area contributed by atoms with E-state index in [-0.39, 0.29) is 16.9 Å². The summed E-state index contributed by atoms with van der Waals surface area (Å²) in [5.41, 5.74) is 5.09. The van der Waals surface area contributed by atoms with Crippen LogP contribution in [0.1, 0.15) is 39.5 Å². The standard InChI is InChI=1S/C13H23N3O2/c1-4-6-7-10(5-2)8-16-12(17)11(14)9-15(3)13(16)18/h9-10H,4-8,14H2,1-3H3. The van der Waals surface area contributed by atoms with Gasteiger partial charge in [0.05, 0.1) is 0 Å². The van der Waals surface area contributed by atoms with Crippen LogP contribution in [0.5, 0.6) is 0 Å². The van der Waals surface area contributed by atoms with Gasteiger partial charge in [-0.15, -0.1) is 0 Å². The molecule has 1 atom stereocenters. The lowest BCUT2D eigenvalue weighted by molar-refractivity contribution is 0.374. The zero-order valence-corrected chi connectivity index (χ0v) is 11.5. The number of nitrogens with two attached hydrogens (primary N) is 1. The van der Waals surface area contributed by atoms with Crippen LogP contribution in [0.15, 0.2) is 15.8 Å². The minimum atomic E-state index is -0.368. The van der Waals surface area contributed by atoms with Crippen molar-refractivity contribution < 1.29 is 0 Å². The van der Waals surface area contributed by atoms with E-state index in [0.717, 1.165) is 25.7 Å². The zero-order valence-electron chi connectivity index (χ0n) is 11.5. The van der Waals surface area contributed by atoms with Gasteiger partial charge in [0.2, 0.25) is 0 Å². The largest absolute Gasteiger partial charge is 0.393 e. The van der Waals surface area contributed by atoms with Crippen molar-refractivity contribution in [3.63, 3.8) is 0 Å². The molecule has 5 heteroatoms. The van der Waals surface area contributed by atoms with Gasteiger partial charge in [-0.2, -0.15) is 0 Å². The predicted octanol–water partition coefficient (Wildman–Crippen LogP) is 1.35. The SMILES string of the molecule is CCCCC(CC)Cn1c(=O)c(N)cn(C)c1=O. The molecule has 0 amide bonds. The molecule has 0 saturated heterocycles. The first kappa shape index (κ1) is 14.5. The van der Waals surface area contributed by atoms with Crippen molar-refractivity contribution in [3.8, 4) is 0 Å². The van der Waals surface area contributed by atoms with Gasteiger partial charge in [0.1, 0.15) is 5.69 Å². The molecular weight excluding hydrogens is 230 g/mol. The molecule has 18 heavy (non-hydrogen) atoms. The van der Waals surface area contributed by atoms with Crippen LogP contribution in [0.4, 0.5) is 5.69 Å². The summed E-state index contributed by atoms with van der Waals surface area (Å²) in [5.74, 6) is 0.358. The summed E-state index contributed by atoms with van der Waals surface area (Å²) in [6.45, 7) is 4.69. The number of aromatic nitrogens is 2. The number of hydrogen-bond acceptors (Lipinski definition) is 3. The minimum absolute atomic E-state index is 0.127. The van der Waals surface area contributed by atoms with E-state index in [2.05, 4.69) is 13.8 Å². The van der Waals surface area contributed by atoms with Gasteiger partial charge in [-0.3, -0.25) is 9.36 Å². The van der Waals surface area contributed by atoms with Crippen LogP contribution in [0.2, 0.25) is 0 Å². The summed E-state index contributed by atoms with van der Waals surface area (Å²) in [4.78, 5) is 23.8. The van der Waals surface area contributed by atoms with Crippen molar-refractivity contribution in [1.82, 2.24) is 9.13 Å². The normalized spacial score (nSPS) is 12.6. The fourth-order valence-corrected chi connectivity index (χ4v) is 2.09. The topological polar surface area (TPSA) is 70.0 Å². The Morgan fingerprint density at radius 1 is 1.33 bits per heavy atom. The highest BCUT2D eigenvalue weighted by Crippen LogP contribution is 2.13. The molecule has 0 aromatic carbocycles.